The Kier molecular flexibility index (Phi) is 9.27. The van der Waals surface area contributed by atoms with Crippen molar-refractivity contribution in [1.29, 1.82) is 0 Å². The topological polar surface area (TPSA) is 93.4 Å². The lowest BCUT2D eigenvalue weighted by molar-refractivity contribution is -0.139. The highest BCUT2D eigenvalue weighted by Crippen LogP contribution is 1.86. The van der Waals surface area contributed by atoms with E-state index >= 15 is 0 Å². The molecule has 0 atom stereocenters. The van der Waals surface area contributed by atoms with Crippen molar-refractivity contribution in [1.82, 2.24) is 10.6 Å². The number of hydrogen-bond acceptors (Lipinski definition) is 4. The first-order valence-electron chi connectivity index (χ1n) is 5.50. The molecular weight excluding hydrogens is 242 g/mol. The van der Waals surface area contributed by atoms with Crippen LogP contribution in [0.25, 0.3) is 0 Å². The Morgan fingerprint density at radius 3 is 2.47 bits per heavy atom. The summed E-state index contributed by atoms with van der Waals surface area (Å²) in [6.45, 7) is 3.46. The van der Waals surface area contributed by atoms with Crippen LogP contribution in [-0.2, 0) is 14.3 Å². The largest absolute Gasteiger partial charge is 0.392 e. The van der Waals surface area contributed by atoms with Gasteiger partial charge in [-0.3, -0.25) is 9.59 Å². The summed E-state index contributed by atoms with van der Waals surface area (Å²) in [4.78, 5) is 22.4. The first-order valence-corrected chi connectivity index (χ1v) is 5.90. The molecule has 0 saturated carbocycles. The fourth-order valence-corrected chi connectivity index (χ4v) is 0.985. The van der Waals surface area contributed by atoms with Crippen molar-refractivity contribution in [3.8, 4) is 0 Å². The van der Waals surface area contributed by atoms with Crippen LogP contribution in [0, 0.1) is 0 Å². The van der Waals surface area contributed by atoms with Crippen molar-refractivity contribution in [3.63, 3.8) is 0 Å². The van der Waals surface area contributed by atoms with Crippen molar-refractivity contribution in [2.75, 3.05) is 26.3 Å². The SMILES string of the molecule is CCCCOCCNC(=O)C(=O)NCC(N)=S. The van der Waals surface area contributed by atoms with Crippen molar-refractivity contribution in [2.45, 2.75) is 19.8 Å². The number of nitrogens with one attached hydrogen (secondary N) is 2. The molecule has 0 rings (SSSR count). The fraction of sp³-hybridized carbons (Fsp3) is 0.700. The average Bonchev–Trinajstić information content (AvgIpc) is 2.30. The molecule has 7 heteroatoms. The Bertz CT molecular complexity index is 272. The molecule has 0 radical (unpaired) electrons. The Hall–Kier alpha value is -1.21. The van der Waals surface area contributed by atoms with Gasteiger partial charge in [0, 0.05) is 13.2 Å². The summed E-state index contributed by atoms with van der Waals surface area (Å²) in [5.74, 6) is -1.45. The van der Waals surface area contributed by atoms with E-state index in [9.17, 15) is 9.59 Å². The van der Waals surface area contributed by atoms with Gasteiger partial charge in [0.25, 0.3) is 0 Å². The fourth-order valence-electron chi connectivity index (χ4n) is 0.913. The third-order valence-corrected chi connectivity index (χ3v) is 1.95. The number of amides is 2. The van der Waals surface area contributed by atoms with Gasteiger partial charge in [-0.2, -0.15) is 0 Å². The van der Waals surface area contributed by atoms with Gasteiger partial charge < -0.3 is 21.1 Å². The van der Waals surface area contributed by atoms with Gasteiger partial charge in [-0.1, -0.05) is 25.6 Å². The van der Waals surface area contributed by atoms with Crippen molar-refractivity contribution >= 4 is 29.0 Å². The number of carbonyl (C=O) groups excluding carboxylic acids is 2. The van der Waals surface area contributed by atoms with Crippen LogP contribution in [0.1, 0.15) is 19.8 Å². The highest BCUT2D eigenvalue weighted by Gasteiger charge is 2.11. The Labute approximate surface area is 106 Å². The third kappa shape index (κ3) is 9.70. The Morgan fingerprint density at radius 2 is 1.88 bits per heavy atom. The van der Waals surface area contributed by atoms with Crippen LogP contribution in [0.5, 0.6) is 0 Å². The van der Waals surface area contributed by atoms with E-state index < -0.39 is 11.8 Å². The number of thiocarbonyl (C=S) groups is 1. The molecule has 0 aromatic carbocycles. The zero-order valence-electron chi connectivity index (χ0n) is 9.95. The monoisotopic (exact) mass is 261 g/mol. The molecule has 98 valence electrons. The molecule has 0 heterocycles. The van der Waals surface area contributed by atoms with Gasteiger partial charge in [0.15, 0.2) is 0 Å². The van der Waals surface area contributed by atoms with E-state index in [0.717, 1.165) is 12.8 Å². The summed E-state index contributed by atoms with van der Waals surface area (Å²) in [5, 5.41) is 4.71. The lowest BCUT2D eigenvalue weighted by atomic mass is 10.4. The van der Waals surface area contributed by atoms with Gasteiger partial charge in [0.05, 0.1) is 18.1 Å². The van der Waals surface area contributed by atoms with Crippen LogP contribution in [-0.4, -0.2) is 43.1 Å². The molecule has 0 unspecified atom stereocenters. The third-order valence-electron chi connectivity index (χ3n) is 1.80. The molecule has 0 spiro atoms. The van der Waals surface area contributed by atoms with E-state index in [1.54, 1.807) is 0 Å². The molecule has 0 aliphatic carbocycles. The molecule has 0 aliphatic heterocycles. The second-order valence-electron chi connectivity index (χ2n) is 3.37. The summed E-state index contributed by atoms with van der Waals surface area (Å²) in [7, 11) is 0. The number of ether oxygens (including phenoxy) is 1. The van der Waals surface area contributed by atoms with Gasteiger partial charge >= 0.3 is 11.8 Å². The number of carbonyl (C=O) groups is 2. The summed E-state index contributed by atoms with van der Waals surface area (Å²) < 4.78 is 5.22. The quantitative estimate of drug-likeness (QED) is 0.306. The molecule has 0 saturated heterocycles. The zero-order valence-corrected chi connectivity index (χ0v) is 10.8. The van der Waals surface area contributed by atoms with Crippen molar-refractivity contribution in [2.24, 2.45) is 5.73 Å². The summed E-state index contributed by atoms with van der Waals surface area (Å²) in [6.07, 6.45) is 2.05. The minimum atomic E-state index is -0.744. The van der Waals surface area contributed by atoms with E-state index in [4.69, 9.17) is 10.5 Å². The van der Waals surface area contributed by atoms with E-state index in [-0.39, 0.29) is 11.5 Å². The molecule has 0 aliphatic rings. The minimum Gasteiger partial charge on any atom is -0.392 e. The standard InChI is InChI=1S/C10H19N3O3S/c1-2-3-5-16-6-4-12-9(14)10(15)13-7-8(11)17/h2-7H2,1H3,(H2,11,17)(H,12,14)(H,13,15). The average molecular weight is 261 g/mol. The lowest BCUT2D eigenvalue weighted by Crippen LogP contribution is -2.43. The zero-order chi connectivity index (χ0) is 13.1. The van der Waals surface area contributed by atoms with Gasteiger partial charge in [-0.05, 0) is 6.42 Å². The predicted octanol–water partition coefficient (Wildman–Crippen LogP) is -0.678. The number of unbranched alkanes of at least 4 members (excludes halogenated alkanes) is 1. The van der Waals surface area contributed by atoms with Crippen LogP contribution in [0.4, 0.5) is 0 Å². The molecule has 2 amide bonds. The molecular formula is C10H19N3O3S. The Morgan fingerprint density at radius 1 is 1.24 bits per heavy atom. The normalized spacial score (nSPS) is 9.71. The second-order valence-corrected chi connectivity index (χ2v) is 3.90. The maximum atomic E-state index is 11.2. The number of rotatable bonds is 8. The lowest BCUT2D eigenvalue weighted by Gasteiger charge is -2.06. The number of hydrogen-bond donors (Lipinski definition) is 3. The molecule has 0 aromatic rings. The summed E-state index contributed by atoms with van der Waals surface area (Å²) in [5.41, 5.74) is 5.17. The molecule has 6 nitrogen and oxygen atoms in total. The van der Waals surface area contributed by atoms with Gasteiger partial charge in [-0.25, -0.2) is 0 Å². The minimum absolute atomic E-state index is 0.0224. The Balaban J connectivity index is 3.51. The predicted molar refractivity (Wildman–Crippen MR) is 68.5 cm³/mol. The number of nitrogens with two attached hydrogens (primary N) is 1. The molecule has 0 bridgehead atoms. The summed E-state index contributed by atoms with van der Waals surface area (Å²) >= 11 is 4.56. The van der Waals surface area contributed by atoms with Gasteiger partial charge in [-0.15, -0.1) is 0 Å². The van der Waals surface area contributed by atoms with Gasteiger partial charge in [0.1, 0.15) is 0 Å². The highest BCUT2D eigenvalue weighted by atomic mass is 32.1. The summed E-state index contributed by atoms with van der Waals surface area (Å²) in [6, 6.07) is 0. The van der Waals surface area contributed by atoms with Crippen LogP contribution in [0.2, 0.25) is 0 Å². The van der Waals surface area contributed by atoms with E-state index in [1.165, 1.54) is 0 Å². The van der Waals surface area contributed by atoms with Crippen LogP contribution in [0.15, 0.2) is 0 Å². The maximum Gasteiger partial charge on any atom is 0.309 e. The van der Waals surface area contributed by atoms with Crippen LogP contribution in [0.3, 0.4) is 0 Å². The van der Waals surface area contributed by atoms with Gasteiger partial charge in [0.2, 0.25) is 0 Å². The van der Waals surface area contributed by atoms with E-state index in [0.29, 0.717) is 19.8 Å². The highest BCUT2D eigenvalue weighted by molar-refractivity contribution is 7.80. The molecule has 17 heavy (non-hydrogen) atoms. The molecule has 0 aromatic heterocycles. The van der Waals surface area contributed by atoms with Crippen molar-refractivity contribution < 1.29 is 14.3 Å². The smallest absolute Gasteiger partial charge is 0.309 e. The van der Waals surface area contributed by atoms with Crippen LogP contribution >= 0.6 is 12.2 Å². The molecule has 4 N–H and O–H groups in total. The molecule has 0 fully saturated rings. The van der Waals surface area contributed by atoms with E-state index in [2.05, 4.69) is 29.8 Å². The van der Waals surface area contributed by atoms with Crippen molar-refractivity contribution in [3.05, 3.63) is 0 Å². The maximum absolute atomic E-state index is 11.2. The van der Waals surface area contributed by atoms with Crippen LogP contribution < -0.4 is 16.4 Å². The first kappa shape index (κ1) is 15.8. The first-order chi connectivity index (χ1) is 8.07. The second kappa shape index (κ2) is 9.98. The van der Waals surface area contributed by atoms with E-state index in [1.807, 2.05) is 0 Å².